The van der Waals surface area contributed by atoms with Gasteiger partial charge < -0.3 is 14.6 Å². The molecule has 4 rings (SSSR count). The second-order valence-corrected chi connectivity index (χ2v) is 9.26. The van der Waals surface area contributed by atoms with E-state index >= 15 is 0 Å². The Morgan fingerprint density at radius 2 is 1.87 bits per heavy atom. The Balaban J connectivity index is 1.57. The van der Waals surface area contributed by atoms with E-state index in [0.29, 0.717) is 17.0 Å². The number of anilines is 2. The predicted octanol–water partition coefficient (Wildman–Crippen LogP) is 5.12. The molecule has 31 heavy (non-hydrogen) atoms. The van der Waals surface area contributed by atoms with Crippen LogP contribution in [0.1, 0.15) is 28.0 Å². The minimum absolute atomic E-state index is 0.0631. The number of hydrogen-bond acceptors (Lipinski definition) is 7. The van der Waals surface area contributed by atoms with Crippen LogP contribution in [0.25, 0.3) is 11.0 Å². The molecule has 158 valence electrons. The Morgan fingerprint density at radius 3 is 2.55 bits per heavy atom. The van der Waals surface area contributed by atoms with E-state index in [1.807, 2.05) is 31.2 Å². The van der Waals surface area contributed by atoms with Gasteiger partial charge in [0, 0.05) is 42.0 Å². The molecule has 0 bridgehead atoms. The van der Waals surface area contributed by atoms with Crippen molar-refractivity contribution in [2.45, 2.75) is 23.9 Å². The van der Waals surface area contributed by atoms with Crippen LogP contribution in [0.2, 0.25) is 0 Å². The second kappa shape index (κ2) is 8.91. The van der Waals surface area contributed by atoms with E-state index in [1.54, 1.807) is 31.3 Å². The van der Waals surface area contributed by atoms with Gasteiger partial charge in [-0.25, -0.2) is 0 Å². The fraction of sp³-hybridized carbons (Fsp3) is 0.182. The van der Waals surface area contributed by atoms with Crippen molar-refractivity contribution in [2.75, 3.05) is 17.3 Å². The minimum Gasteiger partial charge on any atom is -0.451 e. The van der Waals surface area contributed by atoms with E-state index in [1.165, 1.54) is 34.9 Å². The fourth-order valence-corrected chi connectivity index (χ4v) is 4.88. The zero-order chi connectivity index (χ0) is 22.0. The molecule has 0 unspecified atom stereocenters. The number of carbonyl (C=O) groups is 2. The lowest BCUT2D eigenvalue weighted by Gasteiger charge is -2.15. The summed E-state index contributed by atoms with van der Waals surface area (Å²) in [6.45, 7) is 3.41. The maximum absolute atomic E-state index is 13.0. The molecular formula is C22H20N4O3S2. The van der Waals surface area contributed by atoms with Crippen LogP contribution in [0, 0.1) is 6.92 Å². The highest BCUT2D eigenvalue weighted by molar-refractivity contribution is 8.00. The first kappa shape index (κ1) is 21.1. The van der Waals surface area contributed by atoms with Crippen molar-refractivity contribution in [2.24, 2.45) is 0 Å². The quantitative estimate of drug-likeness (QED) is 0.409. The summed E-state index contributed by atoms with van der Waals surface area (Å²) >= 11 is 3.05. The Kier molecular flexibility index (Phi) is 6.06. The average Bonchev–Trinajstić information content (AvgIpc) is 3.35. The van der Waals surface area contributed by atoms with Crippen molar-refractivity contribution in [3.8, 4) is 0 Å². The predicted molar refractivity (Wildman–Crippen MR) is 124 cm³/mol. The molecule has 0 atom stereocenters. The summed E-state index contributed by atoms with van der Waals surface area (Å²) in [6, 6.07) is 14.7. The van der Waals surface area contributed by atoms with Crippen molar-refractivity contribution in [3.63, 3.8) is 0 Å². The van der Waals surface area contributed by atoms with Gasteiger partial charge in [-0.3, -0.25) is 9.59 Å². The normalized spacial score (nSPS) is 10.9. The van der Waals surface area contributed by atoms with E-state index in [4.69, 9.17) is 4.42 Å². The van der Waals surface area contributed by atoms with Crippen molar-refractivity contribution in [3.05, 3.63) is 64.9 Å². The number of hydrogen-bond donors (Lipinski definition) is 1. The molecule has 0 aliphatic carbocycles. The zero-order valence-electron chi connectivity index (χ0n) is 17.2. The first-order chi connectivity index (χ1) is 14.9. The van der Waals surface area contributed by atoms with Gasteiger partial charge in [0.25, 0.3) is 5.91 Å². The Labute approximate surface area is 187 Å². The van der Waals surface area contributed by atoms with Gasteiger partial charge >= 0.3 is 0 Å². The Bertz CT molecular complexity index is 1250. The van der Waals surface area contributed by atoms with Gasteiger partial charge in [0.1, 0.15) is 10.6 Å². The van der Waals surface area contributed by atoms with Gasteiger partial charge in [0.05, 0.1) is 0 Å². The first-order valence-electron chi connectivity index (χ1n) is 9.51. The lowest BCUT2D eigenvalue weighted by atomic mass is 10.1. The Hall–Kier alpha value is -3.17. The molecule has 0 fully saturated rings. The average molecular weight is 453 g/mol. The minimum atomic E-state index is -0.326. The lowest BCUT2D eigenvalue weighted by molar-refractivity contribution is -0.116. The maximum Gasteiger partial charge on any atom is 0.291 e. The molecular weight excluding hydrogens is 432 g/mol. The number of rotatable bonds is 6. The van der Waals surface area contributed by atoms with Gasteiger partial charge in [0.15, 0.2) is 10.1 Å². The summed E-state index contributed by atoms with van der Waals surface area (Å²) in [4.78, 5) is 26.1. The number of benzene rings is 2. The van der Waals surface area contributed by atoms with Crippen molar-refractivity contribution < 1.29 is 14.0 Å². The topological polar surface area (TPSA) is 88.3 Å². The number of furan rings is 1. The number of thioether (sulfide) groups is 1. The molecule has 1 N–H and O–H groups in total. The highest BCUT2D eigenvalue weighted by atomic mass is 32.2. The molecule has 0 spiro atoms. The third kappa shape index (κ3) is 4.62. The number of carbonyl (C=O) groups excluding carboxylic acids is 2. The lowest BCUT2D eigenvalue weighted by Crippen LogP contribution is -2.22. The van der Waals surface area contributed by atoms with E-state index in [2.05, 4.69) is 15.5 Å². The van der Waals surface area contributed by atoms with Crippen LogP contribution >= 0.6 is 23.1 Å². The first-order valence-corrected chi connectivity index (χ1v) is 11.3. The molecule has 0 aliphatic heterocycles. The molecule has 0 saturated carbocycles. The smallest absolute Gasteiger partial charge is 0.291 e. The molecule has 9 heteroatoms. The molecule has 0 radical (unpaired) electrons. The summed E-state index contributed by atoms with van der Waals surface area (Å²) in [5.41, 5.74) is 2.84. The fourth-order valence-electron chi connectivity index (χ4n) is 3.03. The highest BCUT2D eigenvalue weighted by Gasteiger charge is 2.21. The second-order valence-electron chi connectivity index (χ2n) is 6.86. The molecule has 4 aromatic rings. The molecule has 0 aliphatic rings. The van der Waals surface area contributed by atoms with Gasteiger partial charge in [0.2, 0.25) is 5.91 Å². The van der Waals surface area contributed by atoms with Gasteiger partial charge in [-0.15, -0.1) is 10.2 Å². The largest absolute Gasteiger partial charge is 0.451 e. The van der Waals surface area contributed by atoms with Gasteiger partial charge in [-0.05, 0) is 37.3 Å². The third-order valence-electron chi connectivity index (χ3n) is 4.74. The van der Waals surface area contributed by atoms with Gasteiger partial charge in [-0.1, -0.05) is 41.3 Å². The molecule has 2 heterocycles. The maximum atomic E-state index is 13.0. The third-order valence-corrected chi connectivity index (χ3v) is 6.74. The van der Waals surface area contributed by atoms with Crippen LogP contribution in [-0.4, -0.2) is 29.1 Å². The van der Waals surface area contributed by atoms with Crippen LogP contribution in [0.15, 0.2) is 57.3 Å². The standard InChI is InChI=1S/C22H20N4O3S2/c1-13-24-25-22(31-13)30-12-18-17-6-4-5-7-19(17)29-20(18)21(28)23-15-8-10-16(11-9-15)26(3)14(2)27/h4-11H,12H2,1-3H3,(H,23,28). The molecule has 0 saturated heterocycles. The summed E-state index contributed by atoms with van der Waals surface area (Å²) in [5, 5.41) is 12.9. The van der Waals surface area contributed by atoms with Crippen molar-refractivity contribution >= 4 is 57.3 Å². The monoisotopic (exact) mass is 452 g/mol. The van der Waals surface area contributed by atoms with Crippen LogP contribution in [0.4, 0.5) is 11.4 Å². The van der Waals surface area contributed by atoms with Crippen molar-refractivity contribution in [1.29, 1.82) is 0 Å². The number of nitrogens with one attached hydrogen (secondary N) is 1. The zero-order valence-corrected chi connectivity index (χ0v) is 18.8. The number of para-hydroxylation sites is 1. The van der Waals surface area contributed by atoms with Gasteiger partial charge in [-0.2, -0.15) is 0 Å². The molecule has 7 nitrogen and oxygen atoms in total. The highest BCUT2D eigenvalue weighted by Crippen LogP contribution is 2.33. The van der Waals surface area contributed by atoms with E-state index < -0.39 is 0 Å². The molecule has 2 aromatic carbocycles. The summed E-state index contributed by atoms with van der Waals surface area (Å²) in [5.74, 6) is 0.427. The van der Waals surface area contributed by atoms with Crippen molar-refractivity contribution in [1.82, 2.24) is 10.2 Å². The molecule has 2 aromatic heterocycles. The number of fused-ring (bicyclic) bond motifs is 1. The molecule has 2 amide bonds. The van der Waals surface area contributed by atoms with E-state index in [0.717, 1.165) is 26.0 Å². The van der Waals surface area contributed by atoms with E-state index in [9.17, 15) is 9.59 Å². The summed E-state index contributed by atoms with van der Waals surface area (Å²) in [7, 11) is 1.70. The number of amides is 2. The van der Waals surface area contributed by atoms with Crippen LogP contribution in [0.5, 0.6) is 0 Å². The van der Waals surface area contributed by atoms with Crippen LogP contribution < -0.4 is 10.2 Å². The van der Waals surface area contributed by atoms with E-state index in [-0.39, 0.29) is 17.6 Å². The number of aromatic nitrogens is 2. The SMILES string of the molecule is CC(=O)N(C)c1ccc(NC(=O)c2oc3ccccc3c2CSc2nnc(C)s2)cc1. The Morgan fingerprint density at radius 1 is 1.13 bits per heavy atom. The van der Waals surface area contributed by atoms with Crippen LogP contribution in [0.3, 0.4) is 0 Å². The van der Waals surface area contributed by atoms with Crippen LogP contribution in [-0.2, 0) is 10.5 Å². The number of aryl methyl sites for hydroxylation is 1. The number of nitrogens with zero attached hydrogens (tertiary/aromatic N) is 3. The summed E-state index contributed by atoms with van der Waals surface area (Å²) in [6.07, 6.45) is 0. The summed E-state index contributed by atoms with van der Waals surface area (Å²) < 4.78 is 6.76.